The number of non-ortho nitro benzene ring substituents is 1. The Morgan fingerprint density at radius 1 is 1.09 bits per heavy atom. The summed E-state index contributed by atoms with van der Waals surface area (Å²) >= 11 is 6.11. The molecular formula is C31H37ClN8O3. The van der Waals surface area contributed by atoms with Crippen LogP contribution in [0.15, 0.2) is 54.9 Å². The van der Waals surface area contributed by atoms with E-state index in [4.69, 9.17) is 21.6 Å². The summed E-state index contributed by atoms with van der Waals surface area (Å²) in [6.45, 7) is 7.91. The average Bonchev–Trinajstić information content (AvgIpc) is 3.43. The van der Waals surface area contributed by atoms with Crippen molar-refractivity contribution < 1.29 is 9.72 Å². The van der Waals surface area contributed by atoms with Crippen LogP contribution in [0.3, 0.4) is 0 Å². The minimum Gasteiger partial charge on any atom is -0.368 e. The number of hydrogen-bond donors (Lipinski definition) is 1. The van der Waals surface area contributed by atoms with Crippen molar-refractivity contribution in [3.8, 4) is 0 Å². The van der Waals surface area contributed by atoms with Crippen LogP contribution in [-0.2, 0) is 6.54 Å². The molecule has 0 bridgehead atoms. The standard InChI is InChI=1S/C31H37ClN8O3/c1-3-5-7-22(4-2)19-33-28-27-29(39(21-34-27)20-23-10-12-26(13-11-23)40(42)43)36-31(35-28)38-16-14-37(15-17-38)30(41)24-8-6-9-25(32)18-24/h6,8-13,18,21-22H,3-5,7,14-17,19-20H2,1-2H3,(H,33,35,36). The number of hydrogen-bond acceptors (Lipinski definition) is 8. The third-order valence-corrected chi connectivity index (χ3v) is 8.21. The molecule has 0 aliphatic carbocycles. The number of carbonyl (C=O) groups is 1. The van der Waals surface area contributed by atoms with Crippen LogP contribution in [0.5, 0.6) is 0 Å². The fraction of sp³-hybridized carbons (Fsp3) is 0.419. The van der Waals surface area contributed by atoms with Gasteiger partial charge in [-0.25, -0.2) is 4.98 Å². The number of piperazine rings is 1. The van der Waals surface area contributed by atoms with E-state index in [1.54, 1.807) is 42.7 Å². The molecule has 43 heavy (non-hydrogen) atoms. The molecule has 11 nitrogen and oxygen atoms in total. The van der Waals surface area contributed by atoms with Gasteiger partial charge >= 0.3 is 0 Å². The molecule has 2 aromatic heterocycles. The molecule has 1 aliphatic rings. The number of nitro benzene ring substituents is 1. The van der Waals surface area contributed by atoms with Crippen LogP contribution >= 0.6 is 11.6 Å². The summed E-state index contributed by atoms with van der Waals surface area (Å²) in [5.41, 5.74) is 2.90. The van der Waals surface area contributed by atoms with E-state index < -0.39 is 4.92 Å². The molecule has 1 fully saturated rings. The first kappa shape index (κ1) is 30.2. The Labute approximate surface area is 256 Å². The summed E-state index contributed by atoms with van der Waals surface area (Å²) in [4.78, 5) is 42.3. The number of anilines is 2. The van der Waals surface area contributed by atoms with Crippen LogP contribution in [0.25, 0.3) is 11.2 Å². The largest absolute Gasteiger partial charge is 0.368 e. The fourth-order valence-electron chi connectivity index (χ4n) is 5.33. The van der Waals surface area contributed by atoms with Crippen molar-refractivity contribution in [1.29, 1.82) is 0 Å². The zero-order valence-electron chi connectivity index (χ0n) is 24.6. The lowest BCUT2D eigenvalue weighted by atomic mass is 9.99. The number of benzene rings is 2. The number of nitrogens with zero attached hydrogens (tertiary/aromatic N) is 7. The number of imidazole rings is 1. The van der Waals surface area contributed by atoms with Crippen molar-refractivity contribution in [3.05, 3.63) is 81.1 Å². The van der Waals surface area contributed by atoms with Crippen LogP contribution in [0, 0.1) is 16.0 Å². The van der Waals surface area contributed by atoms with Gasteiger partial charge in [-0.05, 0) is 36.1 Å². The molecule has 1 aliphatic heterocycles. The summed E-state index contributed by atoms with van der Waals surface area (Å²) in [6.07, 6.45) is 6.32. The van der Waals surface area contributed by atoms with Crippen LogP contribution in [-0.4, -0.2) is 68.0 Å². The van der Waals surface area contributed by atoms with Gasteiger partial charge in [0.2, 0.25) is 5.95 Å². The van der Waals surface area contributed by atoms with Crippen molar-refractivity contribution >= 4 is 46.1 Å². The van der Waals surface area contributed by atoms with Gasteiger partial charge in [-0.15, -0.1) is 0 Å². The van der Waals surface area contributed by atoms with E-state index in [0.29, 0.717) is 72.2 Å². The lowest BCUT2D eigenvalue weighted by molar-refractivity contribution is -0.384. The number of rotatable bonds is 12. The first-order valence-electron chi connectivity index (χ1n) is 14.9. The van der Waals surface area contributed by atoms with Gasteiger partial charge < -0.3 is 19.7 Å². The van der Waals surface area contributed by atoms with Crippen LogP contribution in [0.4, 0.5) is 17.5 Å². The maximum absolute atomic E-state index is 13.1. The summed E-state index contributed by atoms with van der Waals surface area (Å²) in [7, 11) is 0. The predicted molar refractivity (Wildman–Crippen MR) is 169 cm³/mol. The average molecular weight is 605 g/mol. The number of carbonyl (C=O) groups excluding carboxylic acids is 1. The maximum atomic E-state index is 13.1. The van der Waals surface area contributed by atoms with E-state index in [0.717, 1.165) is 31.4 Å². The monoisotopic (exact) mass is 604 g/mol. The first-order valence-corrected chi connectivity index (χ1v) is 15.2. The van der Waals surface area contributed by atoms with Gasteiger partial charge in [-0.2, -0.15) is 9.97 Å². The minimum absolute atomic E-state index is 0.0419. The van der Waals surface area contributed by atoms with Crippen LogP contribution in [0.1, 0.15) is 55.5 Å². The molecule has 4 aromatic rings. The highest BCUT2D eigenvalue weighted by molar-refractivity contribution is 6.30. The fourth-order valence-corrected chi connectivity index (χ4v) is 5.52. The number of unbranched alkanes of at least 4 members (excludes halogenated alkanes) is 1. The van der Waals surface area contributed by atoms with E-state index in [1.807, 2.05) is 9.47 Å². The number of nitro groups is 1. The van der Waals surface area contributed by atoms with E-state index in [2.05, 4.69) is 29.0 Å². The number of halogens is 1. The topological polar surface area (TPSA) is 122 Å². The molecule has 1 N–H and O–H groups in total. The number of nitrogens with one attached hydrogen (secondary N) is 1. The molecule has 0 saturated carbocycles. The zero-order valence-corrected chi connectivity index (χ0v) is 25.3. The summed E-state index contributed by atoms with van der Waals surface area (Å²) in [5.74, 6) is 1.75. The van der Waals surface area contributed by atoms with Crippen LogP contribution in [0.2, 0.25) is 5.02 Å². The highest BCUT2D eigenvalue weighted by Crippen LogP contribution is 2.26. The van der Waals surface area contributed by atoms with Gasteiger partial charge in [0.15, 0.2) is 17.0 Å². The molecule has 12 heteroatoms. The molecule has 3 heterocycles. The Morgan fingerprint density at radius 3 is 2.53 bits per heavy atom. The second kappa shape index (κ2) is 13.8. The Hall–Kier alpha value is -4.25. The number of amides is 1. The van der Waals surface area contributed by atoms with Crippen LogP contribution < -0.4 is 10.2 Å². The van der Waals surface area contributed by atoms with Gasteiger partial charge in [0.25, 0.3) is 11.6 Å². The summed E-state index contributed by atoms with van der Waals surface area (Å²) in [6, 6.07) is 13.5. The molecule has 1 atom stereocenters. The lowest BCUT2D eigenvalue weighted by Crippen LogP contribution is -2.49. The SMILES string of the molecule is CCCCC(CC)CNc1nc(N2CCN(C(=O)c3cccc(Cl)c3)CC2)nc2c1ncn2Cc1ccc([N+](=O)[O-])cc1. The molecule has 1 unspecified atom stereocenters. The highest BCUT2D eigenvalue weighted by atomic mass is 35.5. The Balaban J connectivity index is 1.39. The number of fused-ring (bicyclic) bond motifs is 1. The second-order valence-electron chi connectivity index (χ2n) is 10.9. The van der Waals surface area contributed by atoms with Gasteiger partial charge in [-0.1, -0.05) is 62.9 Å². The Morgan fingerprint density at radius 2 is 1.86 bits per heavy atom. The smallest absolute Gasteiger partial charge is 0.269 e. The number of aromatic nitrogens is 4. The van der Waals surface area contributed by atoms with Crippen molar-refractivity contribution in [1.82, 2.24) is 24.4 Å². The van der Waals surface area contributed by atoms with Crippen molar-refractivity contribution in [2.75, 3.05) is 42.9 Å². The van der Waals surface area contributed by atoms with Gasteiger partial charge in [0.05, 0.1) is 17.8 Å². The predicted octanol–water partition coefficient (Wildman–Crippen LogP) is 6.03. The summed E-state index contributed by atoms with van der Waals surface area (Å²) < 4.78 is 1.94. The molecule has 226 valence electrons. The quantitative estimate of drug-likeness (QED) is 0.154. The van der Waals surface area contributed by atoms with E-state index in [-0.39, 0.29) is 11.6 Å². The highest BCUT2D eigenvalue weighted by Gasteiger charge is 2.25. The lowest BCUT2D eigenvalue weighted by Gasteiger charge is -2.35. The Bertz CT molecular complexity index is 1570. The molecule has 0 radical (unpaired) electrons. The molecule has 0 spiro atoms. The first-order chi connectivity index (χ1) is 20.9. The minimum atomic E-state index is -0.403. The zero-order chi connectivity index (χ0) is 30.3. The van der Waals surface area contributed by atoms with Gasteiger partial charge in [0.1, 0.15) is 0 Å². The van der Waals surface area contributed by atoms with E-state index >= 15 is 0 Å². The maximum Gasteiger partial charge on any atom is 0.269 e. The molecular weight excluding hydrogens is 568 g/mol. The van der Waals surface area contributed by atoms with Crippen molar-refractivity contribution in [2.45, 2.75) is 46.1 Å². The third-order valence-electron chi connectivity index (χ3n) is 7.97. The normalized spacial score (nSPS) is 14.2. The molecule has 1 amide bonds. The van der Waals surface area contributed by atoms with Gasteiger partial charge in [0, 0.05) is 55.4 Å². The van der Waals surface area contributed by atoms with Crippen molar-refractivity contribution in [2.24, 2.45) is 5.92 Å². The van der Waals surface area contributed by atoms with E-state index in [9.17, 15) is 14.9 Å². The summed E-state index contributed by atoms with van der Waals surface area (Å²) in [5, 5.41) is 15.2. The second-order valence-corrected chi connectivity index (χ2v) is 11.4. The Kier molecular flexibility index (Phi) is 9.71. The third kappa shape index (κ3) is 7.22. The van der Waals surface area contributed by atoms with Crippen molar-refractivity contribution in [3.63, 3.8) is 0 Å². The van der Waals surface area contributed by atoms with E-state index in [1.165, 1.54) is 18.6 Å². The molecule has 1 saturated heterocycles. The van der Waals surface area contributed by atoms with Gasteiger partial charge in [-0.3, -0.25) is 14.9 Å². The molecule has 2 aromatic carbocycles. The molecule has 5 rings (SSSR count).